The molecule has 31 heavy (non-hydrogen) atoms. The predicted octanol–water partition coefficient (Wildman–Crippen LogP) is 2.59. The summed E-state index contributed by atoms with van der Waals surface area (Å²) in [5, 5.41) is 13.8. The third-order valence-electron chi connectivity index (χ3n) is 5.17. The highest BCUT2D eigenvalue weighted by molar-refractivity contribution is 6.46. The molecule has 6 nitrogen and oxygen atoms in total. The van der Waals surface area contributed by atoms with Gasteiger partial charge in [0.25, 0.3) is 5.91 Å². The van der Waals surface area contributed by atoms with Gasteiger partial charge in [0.15, 0.2) is 12.4 Å². The van der Waals surface area contributed by atoms with E-state index in [1.807, 2.05) is 12.1 Å². The Hall–Kier alpha value is -3.64. The van der Waals surface area contributed by atoms with Gasteiger partial charge in [-0.2, -0.15) is 0 Å². The van der Waals surface area contributed by atoms with Gasteiger partial charge in [-0.1, -0.05) is 41.6 Å². The van der Waals surface area contributed by atoms with E-state index in [0.29, 0.717) is 21.9 Å². The summed E-state index contributed by atoms with van der Waals surface area (Å²) in [6.07, 6.45) is 3.50. The Morgan fingerprint density at radius 1 is 1.13 bits per heavy atom. The fourth-order valence-corrected chi connectivity index (χ4v) is 3.80. The van der Waals surface area contributed by atoms with Crippen molar-refractivity contribution >= 4 is 29.1 Å². The lowest BCUT2D eigenvalue weighted by atomic mass is 9.95. The summed E-state index contributed by atoms with van der Waals surface area (Å²) >= 11 is 5.94. The number of nitrogens with zero attached hydrogens (tertiary/aromatic N) is 1. The molecule has 1 aliphatic rings. The number of likely N-dealkylation sites (tertiary alicyclic amines) is 1. The van der Waals surface area contributed by atoms with Crippen molar-refractivity contribution in [3.8, 4) is 5.75 Å². The molecule has 0 saturated carbocycles. The minimum atomic E-state index is -0.835. The Kier molecular flexibility index (Phi) is 5.73. The number of hydrogen-bond donors (Lipinski definition) is 0. The summed E-state index contributed by atoms with van der Waals surface area (Å²) in [5.74, 6) is -1.44. The van der Waals surface area contributed by atoms with Crippen molar-refractivity contribution in [1.29, 1.82) is 0 Å². The zero-order valence-electron chi connectivity index (χ0n) is 16.7. The summed E-state index contributed by atoms with van der Waals surface area (Å²) < 4.78 is 5.31. The van der Waals surface area contributed by atoms with Crippen LogP contribution in [-0.2, 0) is 16.1 Å². The van der Waals surface area contributed by atoms with Crippen LogP contribution in [0.15, 0.2) is 78.6 Å². The molecule has 1 N–H and O–H groups in total. The number of aromatic amines is 1. The number of H-pyrrole nitrogens is 1. The lowest BCUT2D eigenvalue weighted by molar-refractivity contribution is -0.378. The molecular formula is C24H19ClN2O4. The molecule has 0 spiro atoms. The highest BCUT2D eigenvalue weighted by Crippen LogP contribution is 2.40. The zero-order chi connectivity index (χ0) is 22.0. The number of nitrogens with one attached hydrogen (secondary N) is 1. The van der Waals surface area contributed by atoms with Gasteiger partial charge in [-0.15, -0.1) is 0 Å². The van der Waals surface area contributed by atoms with E-state index in [9.17, 15) is 14.7 Å². The maximum Gasteiger partial charge on any atom is 0.295 e. The molecule has 4 rings (SSSR count). The highest BCUT2D eigenvalue weighted by Gasteiger charge is 2.44. The number of aromatic nitrogens is 1. The van der Waals surface area contributed by atoms with Gasteiger partial charge in [0.2, 0.25) is 5.78 Å². The van der Waals surface area contributed by atoms with E-state index in [4.69, 9.17) is 16.3 Å². The van der Waals surface area contributed by atoms with Gasteiger partial charge < -0.3 is 14.7 Å². The van der Waals surface area contributed by atoms with Gasteiger partial charge in [-0.3, -0.25) is 9.59 Å². The number of carbonyl (C=O) groups is 2. The van der Waals surface area contributed by atoms with Crippen LogP contribution < -0.4 is 14.8 Å². The molecule has 0 bridgehead atoms. The first-order valence-corrected chi connectivity index (χ1v) is 9.98. The van der Waals surface area contributed by atoms with Crippen LogP contribution in [0.25, 0.3) is 5.76 Å². The Balaban J connectivity index is 1.87. The molecule has 2 heterocycles. The minimum absolute atomic E-state index is 0.0829. The van der Waals surface area contributed by atoms with Gasteiger partial charge >= 0.3 is 0 Å². The van der Waals surface area contributed by atoms with Crippen LogP contribution in [0, 0.1) is 0 Å². The quantitative estimate of drug-likeness (QED) is 0.351. The number of ketones is 1. The number of rotatable bonds is 5. The summed E-state index contributed by atoms with van der Waals surface area (Å²) in [7, 11) is 1.53. The van der Waals surface area contributed by atoms with Crippen molar-refractivity contribution in [2.75, 3.05) is 7.11 Å². The average Bonchev–Trinajstić information content (AvgIpc) is 3.05. The standard InChI is InChI=1S/C24H19ClN2O4/c1-31-19-6-2-5-17(12-19)21-20(22(28)16-7-9-18(25)10-8-16)23(29)24(30)27(21)14-15-4-3-11-26-13-15/h2-13,21,28H,14H2,1H3/b22-20+. The Labute approximate surface area is 184 Å². The van der Waals surface area contributed by atoms with Gasteiger partial charge in [0, 0.05) is 22.2 Å². The fraction of sp³-hybridized carbons (Fsp3) is 0.125. The Bertz CT molecular complexity index is 1160. The van der Waals surface area contributed by atoms with Crippen molar-refractivity contribution in [1.82, 2.24) is 4.90 Å². The molecule has 1 amide bonds. The molecule has 3 aromatic rings. The molecule has 7 heteroatoms. The van der Waals surface area contributed by atoms with Crippen LogP contribution in [0.2, 0.25) is 5.02 Å². The molecule has 1 saturated heterocycles. The van der Waals surface area contributed by atoms with Crippen LogP contribution in [0.3, 0.4) is 0 Å². The van der Waals surface area contributed by atoms with Gasteiger partial charge in [-0.05, 0) is 41.5 Å². The van der Waals surface area contributed by atoms with E-state index in [0.717, 1.165) is 5.56 Å². The van der Waals surface area contributed by atoms with Crippen molar-refractivity contribution in [3.63, 3.8) is 0 Å². The number of carbonyl (C=O) groups excluding carboxylic acids is 2. The molecule has 1 unspecified atom stereocenters. The smallest absolute Gasteiger partial charge is 0.295 e. The molecule has 0 radical (unpaired) electrons. The number of Topliss-reactive ketones (excluding diaryl/α,β-unsaturated/α-hetero) is 1. The van der Waals surface area contributed by atoms with Crippen LogP contribution >= 0.6 is 11.6 Å². The number of pyridine rings is 1. The predicted molar refractivity (Wildman–Crippen MR) is 113 cm³/mol. The third kappa shape index (κ3) is 4.02. The largest absolute Gasteiger partial charge is 0.872 e. The Morgan fingerprint density at radius 3 is 2.58 bits per heavy atom. The molecule has 1 atom stereocenters. The van der Waals surface area contributed by atoms with E-state index in [2.05, 4.69) is 4.98 Å². The van der Waals surface area contributed by atoms with E-state index >= 15 is 0 Å². The van der Waals surface area contributed by atoms with E-state index < -0.39 is 23.5 Å². The van der Waals surface area contributed by atoms with Crippen molar-refractivity contribution in [3.05, 3.63) is 100 Å². The Morgan fingerprint density at radius 2 is 1.90 bits per heavy atom. The molecule has 1 aliphatic heterocycles. The molecular weight excluding hydrogens is 416 g/mol. The first kappa shape index (κ1) is 20.6. The number of amides is 1. The number of ether oxygens (including phenoxy) is 1. The summed E-state index contributed by atoms with van der Waals surface area (Å²) in [5.41, 5.74) is 1.64. The second-order valence-electron chi connectivity index (χ2n) is 7.10. The lowest BCUT2D eigenvalue weighted by Crippen LogP contribution is -2.29. The molecule has 0 aliphatic carbocycles. The maximum absolute atomic E-state index is 13.3. The number of halogens is 1. The number of benzene rings is 2. The fourth-order valence-electron chi connectivity index (χ4n) is 3.67. The van der Waals surface area contributed by atoms with Gasteiger partial charge in [-0.25, -0.2) is 4.98 Å². The second-order valence-corrected chi connectivity index (χ2v) is 7.54. The second kappa shape index (κ2) is 8.62. The summed E-state index contributed by atoms with van der Waals surface area (Å²) in [6.45, 7) is 0.168. The van der Waals surface area contributed by atoms with Crippen LogP contribution in [0.4, 0.5) is 0 Å². The van der Waals surface area contributed by atoms with Crippen LogP contribution in [0.1, 0.15) is 22.7 Å². The molecule has 1 fully saturated rings. The van der Waals surface area contributed by atoms with E-state index in [1.54, 1.807) is 60.9 Å². The van der Waals surface area contributed by atoms with Crippen molar-refractivity contribution in [2.24, 2.45) is 0 Å². The van der Waals surface area contributed by atoms with Gasteiger partial charge in [0.05, 0.1) is 19.7 Å². The SMILES string of the molecule is COc1cccc(C2/C(=C(\[O-])c3ccc(Cl)cc3)C(=O)C(=O)N2Cc2ccc[nH+]c2)c1. The van der Waals surface area contributed by atoms with Gasteiger partial charge in [0.1, 0.15) is 5.75 Å². The number of methoxy groups -OCH3 is 1. The summed E-state index contributed by atoms with van der Waals surface area (Å²) in [6, 6.07) is 16.1. The topological polar surface area (TPSA) is 83.8 Å². The van der Waals surface area contributed by atoms with E-state index in [1.165, 1.54) is 12.0 Å². The van der Waals surface area contributed by atoms with Crippen LogP contribution in [-0.4, -0.2) is 23.7 Å². The molecule has 1 aromatic heterocycles. The zero-order valence-corrected chi connectivity index (χ0v) is 17.4. The van der Waals surface area contributed by atoms with Crippen molar-refractivity contribution < 1.29 is 24.4 Å². The summed E-state index contributed by atoms with van der Waals surface area (Å²) in [4.78, 5) is 30.4. The normalized spacial score (nSPS) is 17.7. The first-order chi connectivity index (χ1) is 15.0. The molecule has 2 aromatic carbocycles. The highest BCUT2D eigenvalue weighted by atomic mass is 35.5. The first-order valence-electron chi connectivity index (χ1n) is 9.61. The maximum atomic E-state index is 13.3. The van der Waals surface area contributed by atoms with E-state index in [-0.39, 0.29) is 12.1 Å². The number of hydrogen-bond acceptors (Lipinski definition) is 4. The molecule has 156 valence electrons. The third-order valence-corrected chi connectivity index (χ3v) is 5.42. The van der Waals surface area contributed by atoms with Crippen LogP contribution in [0.5, 0.6) is 5.75 Å². The average molecular weight is 435 g/mol. The monoisotopic (exact) mass is 434 g/mol. The minimum Gasteiger partial charge on any atom is -0.872 e. The van der Waals surface area contributed by atoms with Crippen molar-refractivity contribution in [2.45, 2.75) is 12.6 Å². The lowest BCUT2D eigenvalue weighted by Gasteiger charge is -2.27.